The highest BCUT2D eigenvalue weighted by atomic mass is 33.1. The highest BCUT2D eigenvalue weighted by Crippen LogP contribution is 2.47. The third-order valence-electron chi connectivity index (χ3n) is 7.98. The van der Waals surface area contributed by atoms with E-state index in [1.54, 1.807) is 26.5 Å². The van der Waals surface area contributed by atoms with Gasteiger partial charge in [0.2, 0.25) is 11.8 Å². The quantitative estimate of drug-likeness (QED) is 0.0395. The molecule has 2 amide bonds. The second-order valence-electron chi connectivity index (χ2n) is 13.4. The number of rotatable bonds is 25. The predicted molar refractivity (Wildman–Crippen MR) is 189 cm³/mol. The Kier molecular flexibility index (Phi) is 20.5. The molecule has 2 heterocycles. The van der Waals surface area contributed by atoms with E-state index >= 15 is 0 Å². The maximum atomic E-state index is 13.2. The van der Waals surface area contributed by atoms with Crippen molar-refractivity contribution in [3.05, 3.63) is 0 Å². The molecule has 0 aromatic rings. The molecule has 0 saturated carbocycles. The van der Waals surface area contributed by atoms with Crippen molar-refractivity contribution in [3.8, 4) is 0 Å². The van der Waals surface area contributed by atoms with E-state index in [9.17, 15) is 33.7 Å². The summed E-state index contributed by atoms with van der Waals surface area (Å²) >= 11 is 0. The number of phosphoric acid groups is 1. The third-order valence-corrected chi connectivity index (χ3v) is 11.3. The molecule has 2 rings (SSSR count). The number of β-amino-alcohol motifs (C(OH)–C–C–N with tert-alkyl or cyclic N) is 1. The van der Waals surface area contributed by atoms with Crippen LogP contribution < -0.4 is 5.32 Å². The normalized spacial score (nSPS) is 22.4. The molecule has 0 aromatic carbocycles. The van der Waals surface area contributed by atoms with Crippen molar-refractivity contribution >= 4 is 52.8 Å². The summed E-state index contributed by atoms with van der Waals surface area (Å²) in [6, 6.07) is -0.0399. The summed E-state index contributed by atoms with van der Waals surface area (Å²) in [6.07, 6.45) is -0.366. The Bertz CT molecular complexity index is 1100. The Morgan fingerprint density at radius 2 is 1.57 bits per heavy atom. The second-order valence-corrected chi connectivity index (χ2v) is 17.4. The lowest BCUT2D eigenvalue weighted by Crippen LogP contribution is -2.39. The van der Waals surface area contributed by atoms with E-state index in [-0.39, 0.29) is 87.3 Å². The van der Waals surface area contributed by atoms with Gasteiger partial charge in [-0.3, -0.25) is 23.7 Å². The number of phosphoric ester groups is 1. The lowest BCUT2D eigenvalue weighted by atomic mass is 10.1. The monoisotopic (exact) mass is 755 g/mol. The molecule has 0 aromatic heterocycles. The van der Waals surface area contributed by atoms with Crippen LogP contribution in [-0.2, 0) is 42.6 Å². The standard InChI is InChI=1S/C32H58N3O11PS2/c1-22(2)29(38)13-16-49-48-15-8-10-30(39)34-20-28(17-25(34)21-43-24(5)6)45-47(41,42)46-44-32-18-27(37)19-35(32)31(40)12-11-26(36)9-7-14-33-23(3)4/h22-25,27-28,32-33,37H,7-21H2,1-6H3,(H,41,42)/t25-,27+,28+,32+/m0/s1. The van der Waals surface area contributed by atoms with Crippen molar-refractivity contribution in [1.82, 2.24) is 15.1 Å². The zero-order chi connectivity index (χ0) is 36.6. The van der Waals surface area contributed by atoms with Gasteiger partial charge in [0, 0.05) is 75.1 Å². The van der Waals surface area contributed by atoms with Gasteiger partial charge >= 0.3 is 7.82 Å². The van der Waals surface area contributed by atoms with Crippen LogP contribution in [0.4, 0.5) is 0 Å². The largest absolute Gasteiger partial charge is 0.499 e. The fraction of sp³-hybridized carbons (Fsp3) is 0.875. The van der Waals surface area contributed by atoms with E-state index in [1.807, 2.05) is 41.5 Å². The molecule has 2 saturated heterocycles. The van der Waals surface area contributed by atoms with Gasteiger partial charge in [-0.25, -0.2) is 9.45 Å². The van der Waals surface area contributed by atoms with Crippen LogP contribution in [0.25, 0.3) is 0 Å². The van der Waals surface area contributed by atoms with Crippen LogP contribution in [0.2, 0.25) is 0 Å². The minimum absolute atomic E-state index is 0.0339. The molecule has 0 bridgehead atoms. The SMILES string of the molecule is CC(C)NCCCC(=O)CCC(=O)N1C[C@H](O)C[C@H]1OOP(=O)(O)O[C@@H]1C[C@@H](COC(C)C)N(C(=O)CCCSSCCC(=O)C(C)C)C1. The number of hydrogen-bond acceptors (Lipinski definition) is 13. The molecule has 0 radical (unpaired) electrons. The Morgan fingerprint density at radius 3 is 2.24 bits per heavy atom. The summed E-state index contributed by atoms with van der Waals surface area (Å²) in [5.74, 6) is 1.14. The van der Waals surface area contributed by atoms with Crippen LogP contribution >= 0.6 is 29.4 Å². The van der Waals surface area contributed by atoms with Gasteiger partial charge in [0.1, 0.15) is 11.6 Å². The zero-order valence-corrected chi connectivity index (χ0v) is 32.4. The van der Waals surface area contributed by atoms with Crippen molar-refractivity contribution < 1.29 is 52.6 Å². The van der Waals surface area contributed by atoms with Gasteiger partial charge < -0.3 is 29.9 Å². The maximum Gasteiger partial charge on any atom is 0.499 e. The molecule has 2 fully saturated rings. The Hall–Kier alpha value is -1.07. The Balaban J connectivity index is 1.83. The average molecular weight is 756 g/mol. The predicted octanol–water partition coefficient (Wildman–Crippen LogP) is 4.27. The zero-order valence-electron chi connectivity index (χ0n) is 29.9. The summed E-state index contributed by atoms with van der Waals surface area (Å²) < 4.78 is 28.9. The molecule has 5 atom stereocenters. The molecular weight excluding hydrogens is 697 g/mol. The molecule has 3 N–H and O–H groups in total. The minimum Gasteiger partial charge on any atom is -0.391 e. The van der Waals surface area contributed by atoms with E-state index < -0.39 is 32.2 Å². The minimum atomic E-state index is -4.81. The first kappa shape index (κ1) is 44.1. The first-order valence-corrected chi connectivity index (χ1v) is 21.3. The lowest BCUT2D eigenvalue weighted by molar-refractivity contribution is -0.285. The van der Waals surface area contributed by atoms with Crippen LogP contribution in [0.15, 0.2) is 0 Å². The van der Waals surface area contributed by atoms with Crippen molar-refractivity contribution in [3.63, 3.8) is 0 Å². The summed E-state index contributed by atoms with van der Waals surface area (Å²) in [4.78, 5) is 68.5. The van der Waals surface area contributed by atoms with E-state index in [1.165, 1.54) is 4.90 Å². The number of carbonyl (C=O) groups excluding carboxylic acids is 4. The fourth-order valence-electron chi connectivity index (χ4n) is 5.33. The number of aliphatic hydroxyl groups is 1. The van der Waals surface area contributed by atoms with Crippen molar-refractivity contribution in [2.45, 2.75) is 136 Å². The van der Waals surface area contributed by atoms with Crippen LogP contribution in [-0.4, -0.2) is 118 Å². The second kappa shape index (κ2) is 22.8. The fourth-order valence-corrected chi connectivity index (χ4v) is 8.19. The molecule has 2 aliphatic rings. The summed E-state index contributed by atoms with van der Waals surface area (Å²) in [5.41, 5.74) is 0. The molecule has 14 nitrogen and oxygen atoms in total. The van der Waals surface area contributed by atoms with E-state index in [2.05, 4.69) is 5.32 Å². The smallest absolute Gasteiger partial charge is 0.391 e. The van der Waals surface area contributed by atoms with Crippen LogP contribution in [0.3, 0.4) is 0 Å². The Morgan fingerprint density at radius 1 is 0.878 bits per heavy atom. The lowest BCUT2D eigenvalue weighted by Gasteiger charge is -2.25. The number of carbonyl (C=O) groups is 4. The number of nitrogens with one attached hydrogen (secondary N) is 1. The third kappa shape index (κ3) is 17.8. The topological polar surface area (TPSA) is 181 Å². The number of aliphatic hydroxyl groups excluding tert-OH is 1. The maximum absolute atomic E-state index is 13.2. The Labute approximate surface area is 299 Å². The number of amides is 2. The first-order chi connectivity index (χ1) is 23.1. The highest BCUT2D eigenvalue weighted by Gasteiger charge is 2.42. The molecule has 0 spiro atoms. The number of ether oxygens (including phenoxy) is 1. The van der Waals surface area contributed by atoms with Gasteiger partial charge in [-0.1, -0.05) is 49.3 Å². The molecule has 284 valence electrons. The van der Waals surface area contributed by atoms with Crippen LogP contribution in [0, 0.1) is 5.92 Å². The number of nitrogens with zero attached hydrogens (tertiary/aromatic N) is 2. The van der Waals surface area contributed by atoms with Gasteiger partial charge in [0.05, 0.1) is 31.0 Å². The van der Waals surface area contributed by atoms with Crippen molar-refractivity contribution in [2.75, 3.05) is 37.7 Å². The molecular formula is C32H58N3O11PS2. The van der Waals surface area contributed by atoms with Gasteiger partial charge in [-0.15, -0.1) is 4.67 Å². The van der Waals surface area contributed by atoms with Gasteiger partial charge in [-0.2, -0.15) is 0 Å². The molecule has 0 aliphatic carbocycles. The van der Waals surface area contributed by atoms with Gasteiger partial charge in [0.25, 0.3) is 0 Å². The summed E-state index contributed by atoms with van der Waals surface area (Å²) in [7, 11) is -1.56. The first-order valence-electron chi connectivity index (χ1n) is 17.3. The number of ketones is 2. The van der Waals surface area contributed by atoms with Crippen molar-refractivity contribution in [1.29, 1.82) is 0 Å². The molecule has 17 heteroatoms. The van der Waals surface area contributed by atoms with Gasteiger partial charge in [-0.05, 0) is 39.7 Å². The molecule has 1 unspecified atom stereocenters. The molecule has 49 heavy (non-hydrogen) atoms. The van der Waals surface area contributed by atoms with Crippen LogP contribution in [0.5, 0.6) is 0 Å². The van der Waals surface area contributed by atoms with E-state index in [0.29, 0.717) is 38.3 Å². The summed E-state index contributed by atoms with van der Waals surface area (Å²) in [5, 5.41) is 13.4. The molecule has 2 aliphatic heterocycles. The van der Waals surface area contributed by atoms with E-state index in [0.717, 1.165) is 11.5 Å². The number of hydrogen-bond donors (Lipinski definition) is 3. The van der Waals surface area contributed by atoms with Crippen LogP contribution in [0.1, 0.15) is 99.3 Å². The van der Waals surface area contributed by atoms with E-state index in [4.69, 9.17) is 18.8 Å². The summed E-state index contributed by atoms with van der Waals surface area (Å²) in [6.45, 7) is 12.5. The van der Waals surface area contributed by atoms with Gasteiger partial charge in [0.15, 0.2) is 6.23 Å². The average Bonchev–Trinajstić information content (AvgIpc) is 3.61. The van der Waals surface area contributed by atoms with Crippen molar-refractivity contribution in [2.24, 2.45) is 5.92 Å². The number of Topliss-reactive ketones (excluding diaryl/α,β-unsaturated/α-hetero) is 2. The number of likely N-dealkylation sites (tertiary alicyclic amines) is 2. The highest BCUT2D eigenvalue weighted by molar-refractivity contribution is 8.76.